The Morgan fingerprint density at radius 2 is 1.94 bits per heavy atom. The average molecular weight is 495 g/mol. The van der Waals surface area contributed by atoms with Gasteiger partial charge in [0.25, 0.3) is 15.9 Å². The predicted octanol–water partition coefficient (Wildman–Crippen LogP) is 3.80. The van der Waals surface area contributed by atoms with Gasteiger partial charge < -0.3 is 14.8 Å². The quantitative estimate of drug-likeness (QED) is 0.512. The number of halogens is 1. The minimum absolute atomic E-state index is 0.0201. The summed E-state index contributed by atoms with van der Waals surface area (Å²) in [5.74, 6) is -0.161. The van der Waals surface area contributed by atoms with Crippen molar-refractivity contribution in [3.8, 4) is 5.88 Å². The lowest BCUT2D eigenvalue weighted by atomic mass is 10.1. The van der Waals surface area contributed by atoms with Crippen molar-refractivity contribution < 1.29 is 22.7 Å². The highest BCUT2D eigenvalue weighted by Crippen LogP contribution is 2.26. The van der Waals surface area contributed by atoms with Gasteiger partial charge in [-0.1, -0.05) is 11.6 Å². The molecule has 9 nitrogen and oxygen atoms in total. The summed E-state index contributed by atoms with van der Waals surface area (Å²) in [6.07, 6.45) is 4.38. The zero-order chi connectivity index (χ0) is 22.6. The number of nitrogens with zero attached hydrogens (tertiary/aromatic N) is 2. The summed E-state index contributed by atoms with van der Waals surface area (Å²) in [5, 5.41) is 4.87. The van der Waals surface area contributed by atoms with E-state index in [1.54, 1.807) is 5.38 Å². The second-order valence-corrected chi connectivity index (χ2v) is 9.85. The van der Waals surface area contributed by atoms with E-state index in [1.165, 1.54) is 54.1 Å². The number of hydrogen-bond donors (Lipinski definition) is 2. The summed E-state index contributed by atoms with van der Waals surface area (Å²) < 4.78 is 38.3. The SMILES string of the molecule is O=C(Nc1ccc(S(=O)(=O)Nc2nccs2)cc1)c1cnc(OC2CCOCC2)c(Cl)c1. The number of rotatable bonds is 7. The van der Waals surface area contributed by atoms with Crippen molar-refractivity contribution >= 4 is 49.7 Å². The highest BCUT2D eigenvalue weighted by atomic mass is 35.5. The molecule has 3 aromatic rings. The standard InChI is InChI=1S/C20H19ClN4O5S2/c21-17-11-13(12-23-19(17)30-15-5-8-29-9-6-15)18(26)24-14-1-3-16(4-2-14)32(27,28)25-20-22-7-10-31-20/h1-4,7,10-12,15H,5-6,8-9H2,(H,22,25)(H,24,26). The Hall–Kier alpha value is -2.73. The van der Waals surface area contributed by atoms with Gasteiger partial charge in [-0.3, -0.25) is 9.52 Å². The van der Waals surface area contributed by atoms with Crippen LogP contribution in [0.2, 0.25) is 5.02 Å². The number of pyridine rings is 1. The van der Waals surface area contributed by atoms with Crippen LogP contribution in [0.15, 0.2) is 53.0 Å². The maximum absolute atomic E-state index is 12.6. The lowest BCUT2D eigenvalue weighted by Gasteiger charge is -2.23. The minimum atomic E-state index is -3.77. The van der Waals surface area contributed by atoms with Crippen LogP contribution in [0.1, 0.15) is 23.2 Å². The maximum atomic E-state index is 12.6. The molecule has 32 heavy (non-hydrogen) atoms. The zero-order valence-electron chi connectivity index (χ0n) is 16.7. The lowest BCUT2D eigenvalue weighted by molar-refractivity contribution is 0.0238. The number of nitrogens with one attached hydrogen (secondary N) is 2. The van der Waals surface area contributed by atoms with E-state index in [0.717, 1.165) is 12.8 Å². The van der Waals surface area contributed by atoms with Crippen molar-refractivity contribution in [2.24, 2.45) is 0 Å². The molecule has 1 saturated heterocycles. The van der Waals surface area contributed by atoms with Crippen LogP contribution in [0.4, 0.5) is 10.8 Å². The molecule has 12 heteroatoms. The second kappa shape index (κ2) is 9.82. The van der Waals surface area contributed by atoms with Crippen LogP contribution in [0.5, 0.6) is 5.88 Å². The van der Waals surface area contributed by atoms with Crippen molar-refractivity contribution in [2.75, 3.05) is 23.3 Å². The van der Waals surface area contributed by atoms with Gasteiger partial charge in [-0.15, -0.1) is 11.3 Å². The van der Waals surface area contributed by atoms with E-state index >= 15 is 0 Å². The number of carbonyl (C=O) groups excluding carboxylic acids is 1. The summed E-state index contributed by atoms with van der Waals surface area (Å²) in [4.78, 5) is 20.7. The Labute approximate surface area is 193 Å². The Morgan fingerprint density at radius 1 is 1.19 bits per heavy atom. The van der Waals surface area contributed by atoms with Crippen LogP contribution in [-0.4, -0.2) is 43.6 Å². The number of amides is 1. The first-order valence-corrected chi connectivity index (χ1v) is 12.4. The highest BCUT2D eigenvalue weighted by Gasteiger charge is 2.19. The summed E-state index contributed by atoms with van der Waals surface area (Å²) in [5.41, 5.74) is 0.665. The van der Waals surface area contributed by atoms with Gasteiger partial charge in [0.15, 0.2) is 5.13 Å². The molecule has 1 fully saturated rings. The van der Waals surface area contributed by atoms with Gasteiger partial charge in [0, 0.05) is 36.3 Å². The van der Waals surface area contributed by atoms with Crippen molar-refractivity contribution in [3.05, 3.63) is 58.7 Å². The van der Waals surface area contributed by atoms with Gasteiger partial charge in [0.2, 0.25) is 5.88 Å². The molecule has 0 aliphatic carbocycles. The molecule has 2 N–H and O–H groups in total. The van der Waals surface area contributed by atoms with Crippen molar-refractivity contribution in [3.63, 3.8) is 0 Å². The third-order valence-corrected chi connectivity index (χ3v) is 7.04. The molecule has 0 saturated carbocycles. The van der Waals surface area contributed by atoms with Crippen LogP contribution in [0.25, 0.3) is 0 Å². The molecular formula is C20H19ClN4O5S2. The van der Waals surface area contributed by atoms with E-state index in [2.05, 4.69) is 20.0 Å². The first kappa shape index (κ1) is 22.5. The van der Waals surface area contributed by atoms with Crippen molar-refractivity contribution in [1.82, 2.24) is 9.97 Å². The van der Waals surface area contributed by atoms with Crippen LogP contribution >= 0.6 is 22.9 Å². The van der Waals surface area contributed by atoms with Crippen LogP contribution in [0.3, 0.4) is 0 Å². The normalized spacial score (nSPS) is 14.7. The third kappa shape index (κ3) is 5.54. The van der Waals surface area contributed by atoms with Gasteiger partial charge >= 0.3 is 0 Å². The average Bonchev–Trinajstić information content (AvgIpc) is 3.28. The molecule has 1 aliphatic rings. The molecular weight excluding hydrogens is 476 g/mol. The van der Waals surface area contributed by atoms with E-state index in [0.29, 0.717) is 18.9 Å². The van der Waals surface area contributed by atoms with Gasteiger partial charge in [-0.05, 0) is 30.3 Å². The van der Waals surface area contributed by atoms with Gasteiger partial charge in [0.1, 0.15) is 11.1 Å². The molecule has 1 amide bonds. The number of carbonyl (C=O) groups is 1. The largest absolute Gasteiger partial charge is 0.473 e. The topological polar surface area (TPSA) is 120 Å². The Kier molecular flexibility index (Phi) is 6.89. The Bertz CT molecular complexity index is 1180. The molecule has 4 rings (SSSR count). The summed E-state index contributed by atoms with van der Waals surface area (Å²) in [6.45, 7) is 1.26. The lowest BCUT2D eigenvalue weighted by Crippen LogP contribution is -2.26. The van der Waals surface area contributed by atoms with E-state index in [4.69, 9.17) is 21.1 Å². The fourth-order valence-electron chi connectivity index (χ4n) is 2.96. The fourth-order valence-corrected chi connectivity index (χ4v) is 4.96. The number of sulfonamides is 1. The first-order valence-electron chi connectivity index (χ1n) is 9.64. The fraction of sp³-hybridized carbons (Fsp3) is 0.250. The van der Waals surface area contributed by atoms with E-state index < -0.39 is 15.9 Å². The smallest absolute Gasteiger partial charge is 0.263 e. The van der Waals surface area contributed by atoms with Crippen LogP contribution < -0.4 is 14.8 Å². The molecule has 0 radical (unpaired) electrons. The summed E-state index contributed by atoms with van der Waals surface area (Å²) in [6, 6.07) is 7.25. The van der Waals surface area contributed by atoms with Crippen molar-refractivity contribution in [2.45, 2.75) is 23.8 Å². The van der Waals surface area contributed by atoms with Crippen molar-refractivity contribution in [1.29, 1.82) is 0 Å². The molecule has 0 spiro atoms. The zero-order valence-corrected chi connectivity index (χ0v) is 19.0. The number of anilines is 2. The van der Waals surface area contributed by atoms with Crippen LogP contribution in [0, 0.1) is 0 Å². The summed E-state index contributed by atoms with van der Waals surface area (Å²) >= 11 is 7.42. The number of benzene rings is 1. The van der Waals surface area contributed by atoms with E-state index in [1.807, 2.05) is 0 Å². The second-order valence-electron chi connectivity index (χ2n) is 6.86. The molecule has 0 atom stereocenters. The maximum Gasteiger partial charge on any atom is 0.263 e. The highest BCUT2D eigenvalue weighted by molar-refractivity contribution is 7.93. The minimum Gasteiger partial charge on any atom is -0.473 e. The van der Waals surface area contributed by atoms with E-state index in [9.17, 15) is 13.2 Å². The molecule has 1 aliphatic heterocycles. The van der Waals surface area contributed by atoms with Gasteiger partial charge in [-0.2, -0.15) is 0 Å². The first-order chi connectivity index (χ1) is 15.4. The number of aromatic nitrogens is 2. The molecule has 2 aromatic heterocycles. The molecule has 0 unspecified atom stereocenters. The molecule has 1 aromatic carbocycles. The van der Waals surface area contributed by atoms with Gasteiger partial charge in [-0.25, -0.2) is 18.4 Å². The number of thiazole rings is 1. The van der Waals surface area contributed by atoms with Crippen LogP contribution in [-0.2, 0) is 14.8 Å². The predicted molar refractivity (Wildman–Crippen MR) is 121 cm³/mol. The van der Waals surface area contributed by atoms with Gasteiger partial charge in [0.05, 0.1) is 23.7 Å². The Morgan fingerprint density at radius 3 is 2.59 bits per heavy atom. The molecule has 3 heterocycles. The monoisotopic (exact) mass is 494 g/mol. The molecule has 168 valence electrons. The number of hydrogen-bond acceptors (Lipinski definition) is 8. The molecule has 0 bridgehead atoms. The Balaban J connectivity index is 1.39. The number of ether oxygens (including phenoxy) is 2. The summed E-state index contributed by atoms with van der Waals surface area (Å²) in [7, 11) is -3.77. The van der Waals surface area contributed by atoms with E-state index in [-0.39, 0.29) is 32.6 Å². The third-order valence-electron chi connectivity index (χ3n) is 4.59.